The van der Waals surface area contributed by atoms with Gasteiger partial charge in [0.15, 0.2) is 0 Å². The zero-order valence-electron chi connectivity index (χ0n) is 19.1. The summed E-state index contributed by atoms with van der Waals surface area (Å²) in [7, 11) is 0. The van der Waals surface area contributed by atoms with Crippen LogP contribution in [0.4, 0.5) is 0 Å². The van der Waals surface area contributed by atoms with Gasteiger partial charge < -0.3 is 5.32 Å². The van der Waals surface area contributed by atoms with Crippen molar-refractivity contribution in [2.45, 2.75) is 38.8 Å². The first-order valence-electron chi connectivity index (χ1n) is 11.4. The maximum absolute atomic E-state index is 3.43. The molecule has 4 aromatic carbocycles. The molecule has 4 aromatic rings. The lowest BCUT2D eigenvalue weighted by molar-refractivity contribution is 0.693. The summed E-state index contributed by atoms with van der Waals surface area (Å²) in [6.07, 6.45) is 2.43. The van der Waals surface area contributed by atoms with E-state index in [1.807, 2.05) is 0 Å². The molecule has 4 rings (SSSR count). The number of hydrogen-bond acceptors (Lipinski definition) is 1. The van der Waals surface area contributed by atoms with Crippen molar-refractivity contribution in [2.24, 2.45) is 0 Å². The van der Waals surface area contributed by atoms with Gasteiger partial charge in [0.25, 0.3) is 0 Å². The van der Waals surface area contributed by atoms with E-state index in [-0.39, 0.29) is 0 Å². The molecule has 0 aromatic heterocycles. The van der Waals surface area contributed by atoms with Gasteiger partial charge in [-0.3, -0.25) is 0 Å². The Kier molecular flexibility index (Phi) is 10.9. The van der Waals surface area contributed by atoms with Crippen LogP contribution in [0.3, 0.4) is 0 Å². The molecule has 0 unspecified atom stereocenters. The van der Waals surface area contributed by atoms with Crippen molar-refractivity contribution in [1.29, 1.82) is 0 Å². The Morgan fingerprint density at radius 2 is 0.970 bits per heavy atom. The Balaban J connectivity index is 0.000000186. The quantitative estimate of drug-likeness (QED) is 0.225. The van der Waals surface area contributed by atoms with Gasteiger partial charge in [-0.1, -0.05) is 130 Å². The van der Waals surface area contributed by atoms with Crippen molar-refractivity contribution >= 4 is 31.9 Å². The maximum Gasteiger partial charge on any atom is 0.0208 e. The van der Waals surface area contributed by atoms with Crippen LogP contribution < -0.4 is 5.32 Å². The molecule has 1 nitrogen and oxygen atoms in total. The third-order valence-electron chi connectivity index (χ3n) is 5.47. The lowest BCUT2D eigenvalue weighted by Gasteiger charge is -2.17. The highest BCUT2D eigenvalue weighted by molar-refractivity contribution is 9.10. The van der Waals surface area contributed by atoms with Gasteiger partial charge in [0, 0.05) is 28.0 Å². The van der Waals surface area contributed by atoms with Crippen molar-refractivity contribution in [3.63, 3.8) is 0 Å². The Labute approximate surface area is 215 Å². The van der Waals surface area contributed by atoms with Crippen LogP contribution in [0.1, 0.15) is 47.9 Å². The fourth-order valence-electron chi connectivity index (χ4n) is 3.74. The second-order valence-electron chi connectivity index (χ2n) is 8.02. The van der Waals surface area contributed by atoms with Crippen LogP contribution in [0, 0.1) is 0 Å². The van der Waals surface area contributed by atoms with Gasteiger partial charge in [-0.05, 0) is 52.9 Å². The maximum atomic E-state index is 3.43. The summed E-state index contributed by atoms with van der Waals surface area (Å²) in [6.45, 7) is 4.03. The molecule has 0 heterocycles. The molecule has 0 radical (unpaired) electrons. The van der Waals surface area contributed by atoms with Crippen molar-refractivity contribution in [3.05, 3.63) is 140 Å². The van der Waals surface area contributed by atoms with E-state index < -0.39 is 0 Å². The molecule has 1 N–H and O–H groups in total. The Morgan fingerprint density at radius 1 is 0.576 bits per heavy atom. The predicted octanol–water partition coefficient (Wildman–Crippen LogP) is 9.12. The minimum Gasteiger partial charge on any atom is -0.309 e. The van der Waals surface area contributed by atoms with Gasteiger partial charge in [-0.2, -0.15) is 0 Å². The zero-order valence-corrected chi connectivity index (χ0v) is 22.2. The first kappa shape index (κ1) is 25.4. The number of nitrogens with one attached hydrogen (secondary N) is 1. The van der Waals surface area contributed by atoms with Gasteiger partial charge in [0.1, 0.15) is 0 Å². The Hall–Kier alpha value is -2.20. The average molecular weight is 565 g/mol. The van der Waals surface area contributed by atoms with E-state index in [0.717, 1.165) is 22.0 Å². The smallest absolute Gasteiger partial charge is 0.0208 e. The monoisotopic (exact) mass is 563 g/mol. The van der Waals surface area contributed by atoms with Crippen LogP contribution in [0.25, 0.3) is 0 Å². The third kappa shape index (κ3) is 8.92. The Morgan fingerprint density at radius 3 is 1.33 bits per heavy atom. The topological polar surface area (TPSA) is 12.0 Å². The van der Waals surface area contributed by atoms with Gasteiger partial charge in [0.05, 0.1) is 0 Å². The van der Waals surface area contributed by atoms with E-state index in [0.29, 0.717) is 5.92 Å². The van der Waals surface area contributed by atoms with Crippen LogP contribution in [0.15, 0.2) is 118 Å². The summed E-state index contributed by atoms with van der Waals surface area (Å²) in [4.78, 5) is 0. The summed E-state index contributed by atoms with van der Waals surface area (Å²) in [5, 5.41) is 3.43. The third-order valence-corrected chi connectivity index (χ3v) is 6.52. The van der Waals surface area contributed by atoms with Crippen LogP contribution >= 0.6 is 31.9 Å². The number of benzene rings is 4. The minimum atomic E-state index is 0.549. The van der Waals surface area contributed by atoms with E-state index in [1.54, 1.807) is 0 Å². The van der Waals surface area contributed by atoms with Crippen LogP contribution in [0.5, 0.6) is 0 Å². The first-order valence-corrected chi connectivity index (χ1v) is 13.0. The summed E-state index contributed by atoms with van der Waals surface area (Å²) < 4.78 is 2.24. The molecule has 0 spiro atoms. The SMILES string of the molecule is Brc1ccc(CNCc2ccc(Br)cc2)cc1.CCCC(c1ccccc1)c1ccccc1. The number of rotatable bonds is 8. The molecule has 0 aliphatic heterocycles. The number of hydrogen-bond donors (Lipinski definition) is 1. The van der Waals surface area contributed by atoms with E-state index in [1.165, 1.54) is 35.1 Å². The molecule has 0 bridgehead atoms. The van der Waals surface area contributed by atoms with E-state index >= 15 is 0 Å². The lowest BCUT2D eigenvalue weighted by atomic mass is 9.88. The summed E-state index contributed by atoms with van der Waals surface area (Å²) >= 11 is 6.86. The second-order valence-corrected chi connectivity index (χ2v) is 9.85. The second kappa shape index (κ2) is 14.1. The highest BCUT2D eigenvalue weighted by Crippen LogP contribution is 2.28. The Bertz CT molecular complexity index is 961. The van der Waals surface area contributed by atoms with E-state index in [4.69, 9.17) is 0 Å². The highest BCUT2D eigenvalue weighted by atomic mass is 79.9. The van der Waals surface area contributed by atoms with Crippen molar-refractivity contribution in [1.82, 2.24) is 5.32 Å². The van der Waals surface area contributed by atoms with E-state index in [2.05, 4.69) is 153 Å². The highest BCUT2D eigenvalue weighted by Gasteiger charge is 2.11. The van der Waals surface area contributed by atoms with Gasteiger partial charge >= 0.3 is 0 Å². The predicted molar refractivity (Wildman–Crippen MR) is 148 cm³/mol. The summed E-state index contributed by atoms with van der Waals surface area (Å²) in [6, 6.07) is 38.3. The molecule has 33 heavy (non-hydrogen) atoms. The first-order chi connectivity index (χ1) is 16.2. The van der Waals surface area contributed by atoms with Gasteiger partial charge in [-0.25, -0.2) is 0 Å². The van der Waals surface area contributed by atoms with Crippen molar-refractivity contribution in [2.75, 3.05) is 0 Å². The molecule has 0 saturated carbocycles. The molecule has 0 amide bonds. The van der Waals surface area contributed by atoms with Crippen LogP contribution in [-0.2, 0) is 13.1 Å². The molecule has 170 valence electrons. The molecule has 0 atom stereocenters. The molecular formula is C30H31Br2N. The largest absolute Gasteiger partial charge is 0.309 e. The number of halogens is 2. The fraction of sp³-hybridized carbons (Fsp3) is 0.200. The molecule has 3 heteroatoms. The molecule has 0 aliphatic carbocycles. The lowest BCUT2D eigenvalue weighted by Crippen LogP contribution is -2.12. The van der Waals surface area contributed by atoms with Gasteiger partial charge in [0.2, 0.25) is 0 Å². The van der Waals surface area contributed by atoms with Crippen LogP contribution in [-0.4, -0.2) is 0 Å². The zero-order chi connectivity index (χ0) is 23.3. The standard InChI is InChI=1S/C16H18.C14H13Br2N/c1-2-9-16(14-10-5-3-6-11-14)15-12-7-4-8-13-15;15-13-5-1-11(2-6-13)9-17-10-12-3-7-14(16)8-4-12/h3-8,10-13,16H,2,9H2,1H3;1-8,17H,9-10H2. The minimum absolute atomic E-state index is 0.549. The summed E-state index contributed by atoms with van der Waals surface area (Å²) in [5.41, 5.74) is 5.45. The molecule has 0 saturated heterocycles. The average Bonchev–Trinajstić information content (AvgIpc) is 2.86. The fourth-order valence-corrected chi connectivity index (χ4v) is 4.27. The van der Waals surface area contributed by atoms with Crippen LogP contribution in [0.2, 0.25) is 0 Å². The van der Waals surface area contributed by atoms with E-state index in [9.17, 15) is 0 Å². The molecule has 0 fully saturated rings. The van der Waals surface area contributed by atoms with Gasteiger partial charge in [-0.15, -0.1) is 0 Å². The van der Waals surface area contributed by atoms with Crippen molar-refractivity contribution in [3.8, 4) is 0 Å². The van der Waals surface area contributed by atoms with Crippen molar-refractivity contribution < 1.29 is 0 Å². The summed E-state index contributed by atoms with van der Waals surface area (Å²) in [5.74, 6) is 0.549. The molecular weight excluding hydrogens is 534 g/mol. The normalized spacial score (nSPS) is 10.5. The molecule has 0 aliphatic rings.